The summed E-state index contributed by atoms with van der Waals surface area (Å²) in [6, 6.07) is 9.15. The number of benzene rings is 1. The zero-order valence-corrected chi connectivity index (χ0v) is 26.2. The second-order valence-corrected chi connectivity index (χ2v) is 12.1. The van der Waals surface area contributed by atoms with Crippen LogP contribution in [0.25, 0.3) is 5.69 Å². The number of hydrogen-bond donors (Lipinski definition) is 4. The first-order chi connectivity index (χ1) is 22.2. The molecule has 14 heteroatoms. The third-order valence-corrected chi connectivity index (χ3v) is 8.90. The number of carboxylic acid groups (broad SMARTS) is 1. The van der Waals surface area contributed by atoms with E-state index in [1.807, 2.05) is 25.1 Å². The predicted molar refractivity (Wildman–Crippen MR) is 167 cm³/mol. The van der Waals surface area contributed by atoms with Gasteiger partial charge in [-0.15, -0.1) is 0 Å². The quantitative estimate of drug-likeness (QED) is 0.274. The zero-order chi connectivity index (χ0) is 32.6. The number of carbonyl (C=O) groups is 5. The number of carbonyl (C=O) groups excluding carboxylic acids is 4. The first-order valence-electron chi connectivity index (χ1n) is 16.2. The molecule has 0 unspecified atom stereocenters. The fourth-order valence-electron chi connectivity index (χ4n) is 6.16. The summed E-state index contributed by atoms with van der Waals surface area (Å²) in [5.74, 6) is -1.07. The van der Waals surface area contributed by atoms with Gasteiger partial charge in [-0.1, -0.05) is 31.5 Å². The maximum absolute atomic E-state index is 13.5. The van der Waals surface area contributed by atoms with Crippen molar-refractivity contribution < 1.29 is 33.8 Å². The fourth-order valence-corrected chi connectivity index (χ4v) is 6.16. The number of hydrogen-bond acceptors (Lipinski definition) is 7. The molecule has 2 aromatic rings. The van der Waals surface area contributed by atoms with E-state index in [1.54, 1.807) is 21.9 Å². The lowest BCUT2D eigenvalue weighted by atomic mass is 9.93. The van der Waals surface area contributed by atoms with Gasteiger partial charge in [0.05, 0.1) is 5.69 Å². The molecule has 0 radical (unpaired) electrons. The lowest BCUT2D eigenvalue weighted by Gasteiger charge is -2.34. The number of nitrogens with zero attached hydrogens (tertiary/aromatic N) is 4. The molecular formula is C32H43N7O7. The van der Waals surface area contributed by atoms with Crippen LogP contribution >= 0.6 is 0 Å². The van der Waals surface area contributed by atoms with E-state index >= 15 is 0 Å². The van der Waals surface area contributed by atoms with Gasteiger partial charge in [0, 0.05) is 37.8 Å². The Morgan fingerprint density at radius 3 is 2.33 bits per heavy atom. The van der Waals surface area contributed by atoms with Gasteiger partial charge < -0.3 is 35.6 Å². The molecule has 14 nitrogen and oxygen atoms in total. The first kappa shape index (κ1) is 32.8. The zero-order valence-electron chi connectivity index (χ0n) is 26.2. The molecule has 0 spiro atoms. The number of para-hydroxylation sites is 1. The smallest absolute Gasteiger partial charge is 0.404 e. The van der Waals surface area contributed by atoms with Gasteiger partial charge in [-0.25, -0.2) is 9.48 Å². The molecule has 2 saturated heterocycles. The lowest BCUT2D eigenvalue weighted by molar-refractivity contribution is -0.140. The van der Waals surface area contributed by atoms with Crippen molar-refractivity contribution in [3.05, 3.63) is 42.1 Å². The second kappa shape index (κ2) is 15.1. The van der Waals surface area contributed by atoms with Gasteiger partial charge in [-0.05, 0) is 63.5 Å². The molecule has 3 heterocycles. The summed E-state index contributed by atoms with van der Waals surface area (Å²) >= 11 is 0. The van der Waals surface area contributed by atoms with E-state index in [-0.39, 0.29) is 48.0 Å². The van der Waals surface area contributed by atoms with Crippen LogP contribution in [0.1, 0.15) is 75.2 Å². The highest BCUT2D eigenvalue weighted by atomic mass is 16.5. The Kier molecular flexibility index (Phi) is 10.8. The molecule has 1 saturated carbocycles. The Balaban J connectivity index is 1.25. The third-order valence-electron chi connectivity index (χ3n) is 8.90. The van der Waals surface area contributed by atoms with Crippen molar-refractivity contribution in [1.82, 2.24) is 35.5 Å². The molecule has 5 rings (SSSR count). The number of rotatable bonds is 12. The largest absolute Gasteiger partial charge is 0.467 e. The Morgan fingerprint density at radius 2 is 1.67 bits per heavy atom. The second-order valence-electron chi connectivity index (χ2n) is 12.1. The van der Waals surface area contributed by atoms with Crippen molar-refractivity contribution in [1.29, 1.82) is 0 Å². The lowest BCUT2D eigenvalue weighted by Crippen LogP contribution is -2.53. The topological polar surface area (TPSA) is 175 Å². The maximum Gasteiger partial charge on any atom is 0.404 e. The minimum absolute atomic E-state index is 0.0171. The number of likely N-dealkylation sites (tertiary alicyclic amines) is 2. The Bertz CT molecular complexity index is 1400. The standard InChI is InChI=1S/C32H43N7O7/c1-2-8-24(31(43)37-17-14-22(15-18-37)34-32(44)45)35-29(41)25-19-28(39(36-25)23-11-4-3-5-12-23)46-20-27(40)38-16-7-13-26(38)30(42)33-21-9-6-10-21/h3-5,11-12,19,21-22,24,26,34H,2,6-10,13-18,20H2,1H3,(H,33,42)(H,35,41)(H,44,45)/t24-,26-/m0/s1. The molecule has 5 amide bonds. The monoisotopic (exact) mass is 637 g/mol. The van der Waals surface area contributed by atoms with Crippen LogP contribution in [-0.2, 0) is 14.4 Å². The number of piperidine rings is 1. The Morgan fingerprint density at radius 1 is 0.957 bits per heavy atom. The van der Waals surface area contributed by atoms with Gasteiger partial charge >= 0.3 is 6.09 Å². The summed E-state index contributed by atoms with van der Waals surface area (Å²) in [6.45, 7) is 2.82. The highest BCUT2D eigenvalue weighted by Crippen LogP contribution is 2.24. The van der Waals surface area contributed by atoms with Crippen LogP contribution in [0.5, 0.6) is 5.88 Å². The van der Waals surface area contributed by atoms with Gasteiger partial charge in [0.2, 0.25) is 17.7 Å². The number of amides is 5. The highest BCUT2D eigenvalue weighted by Gasteiger charge is 2.36. The van der Waals surface area contributed by atoms with E-state index in [1.165, 1.54) is 10.7 Å². The van der Waals surface area contributed by atoms with Crippen molar-refractivity contribution in [2.75, 3.05) is 26.2 Å². The number of nitrogens with one attached hydrogen (secondary N) is 3. The average molecular weight is 638 g/mol. The molecule has 1 aromatic carbocycles. The predicted octanol–water partition coefficient (Wildman–Crippen LogP) is 2.07. The Labute approximate surface area is 267 Å². The molecule has 1 aromatic heterocycles. The first-order valence-corrected chi connectivity index (χ1v) is 16.2. The molecule has 46 heavy (non-hydrogen) atoms. The molecule has 2 atom stereocenters. The van der Waals surface area contributed by atoms with Crippen molar-refractivity contribution in [2.24, 2.45) is 0 Å². The van der Waals surface area contributed by atoms with Crippen molar-refractivity contribution in [2.45, 2.75) is 88.9 Å². The summed E-state index contributed by atoms with van der Waals surface area (Å²) in [5.41, 5.74) is 0.630. The highest BCUT2D eigenvalue weighted by molar-refractivity contribution is 5.96. The van der Waals surface area contributed by atoms with E-state index in [2.05, 4.69) is 21.0 Å². The molecule has 4 N–H and O–H groups in total. The maximum atomic E-state index is 13.5. The molecule has 0 bridgehead atoms. The van der Waals surface area contributed by atoms with E-state index in [0.717, 1.165) is 25.7 Å². The average Bonchev–Trinajstić information content (AvgIpc) is 3.70. The summed E-state index contributed by atoms with van der Waals surface area (Å²) < 4.78 is 7.38. The van der Waals surface area contributed by atoms with Gasteiger partial charge in [-0.2, -0.15) is 5.10 Å². The van der Waals surface area contributed by atoms with Gasteiger partial charge in [0.15, 0.2) is 12.3 Å². The van der Waals surface area contributed by atoms with Crippen LogP contribution in [0.15, 0.2) is 36.4 Å². The van der Waals surface area contributed by atoms with Crippen LogP contribution in [0.3, 0.4) is 0 Å². The van der Waals surface area contributed by atoms with E-state index < -0.39 is 24.1 Å². The van der Waals surface area contributed by atoms with E-state index in [4.69, 9.17) is 9.84 Å². The summed E-state index contributed by atoms with van der Waals surface area (Å²) in [5, 5.41) is 21.8. The molecule has 248 valence electrons. The third kappa shape index (κ3) is 7.96. The van der Waals surface area contributed by atoms with Gasteiger partial charge in [0.25, 0.3) is 11.8 Å². The van der Waals surface area contributed by atoms with Crippen molar-refractivity contribution in [3.8, 4) is 11.6 Å². The van der Waals surface area contributed by atoms with Crippen LogP contribution in [0.4, 0.5) is 4.79 Å². The van der Waals surface area contributed by atoms with Crippen molar-refractivity contribution in [3.63, 3.8) is 0 Å². The molecular weight excluding hydrogens is 594 g/mol. The van der Waals surface area contributed by atoms with E-state index in [0.29, 0.717) is 57.4 Å². The van der Waals surface area contributed by atoms with Gasteiger partial charge in [0.1, 0.15) is 12.1 Å². The van der Waals surface area contributed by atoms with Crippen LogP contribution in [0.2, 0.25) is 0 Å². The van der Waals surface area contributed by atoms with Crippen LogP contribution in [0, 0.1) is 0 Å². The Hall–Kier alpha value is -4.62. The number of aromatic nitrogens is 2. The SMILES string of the molecule is CCC[C@H](NC(=O)c1cc(OCC(=O)N2CCC[C@H]2C(=O)NC2CCC2)n(-c2ccccc2)n1)C(=O)N1CCC(NC(=O)O)CC1. The van der Waals surface area contributed by atoms with Gasteiger partial charge in [-0.3, -0.25) is 19.2 Å². The molecule has 3 fully saturated rings. The summed E-state index contributed by atoms with van der Waals surface area (Å²) in [4.78, 5) is 67.1. The minimum atomic E-state index is -1.09. The van der Waals surface area contributed by atoms with Crippen LogP contribution < -0.4 is 20.7 Å². The molecule has 3 aliphatic rings. The van der Waals surface area contributed by atoms with E-state index in [9.17, 15) is 24.0 Å². The van der Waals surface area contributed by atoms with Crippen molar-refractivity contribution >= 4 is 29.7 Å². The minimum Gasteiger partial charge on any atom is -0.467 e. The summed E-state index contributed by atoms with van der Waals surface area (Å²) in [6.07, 6.45) is 5.34. The number of ether oxygens (including phenoxy) is 1. The molecule has 1 aliphatic carbocycles. The normalized spacial score (nSPS) is 19.2. The van der Waals surface area contributed by atoms with Crippen LogP contribution in [-0.4, -0.2) is 105 Å². The molecule has 2 aliphatic heterocycles. The summed E-state index contributed by atoms with van der Waals surface area (Å²) in [7, 11) is 0. The fraction of sp³-hybridized carbons (Fsp3) is 0.562.